The number of carbonyl (C=O) groups is 1. The summed E-state index contributed by atoms with van der Waals surface area (Å²) < 4.78 is 5.12. The van der Waals surface area contributed by atoms with Gasteiger partial charge in [0.15, 0.2) is 5.69 Å². The molecule has 0 N–H and O–H groups in total. The van der Waals surface area contributed by atoms with E-state index < -0.39 is 0 Å². The van der Waals surface area contributed by atoms with Crippen molar-refractivity contribution in [1.29, 1.82) is 0 Å². The predicted molar refractivity (Wildman–Crippen MR) is 72.3 cm³/mol. The molecular weight excluding hydrogens is 240 g/mol. The summed E-state index contributed by atoms with van der Waals surface area (Å²) in [4.78, 5) is 14.3. The number of hydrogen-bond donors (Lipinski definition) is 0. The lowest BCUT2D eigenvalue weighted by molar-refractivity contribution is 0.0976. The van der Waals surface area contributed by atoms with Gasteiger partial charge in [0.05, 0.1) is 0 Å². The van der Waals surface area contributed by atoms with E-state index in [4.69, 9.17) is 4.52 Å². The number of aryl methyl sites for hydroxylation is 2. The Hall–Kier alpha value is -2.10. The largest absolute Gasteiger partial charge is 0.361 e. The lowest BCUT2D eigenvalue weighted by Crippen LogP contribution is -2.35. The Morgan fingerprint density at radius 1 is 1.42 bits per heavy atom. The number of para-hydroxylation sites is 1. The molecule has 98 valence electrons. The summed E-state index contributed by atoms with van der Waals surface area (Å²) in [6, 6.07) is 9.78. The number of rotatable bonds is 2. The van der Waals surface area contributed by atoms with E-state index in [0.29, 0.717) is 5.69 Å². The van der Waals surface area contributed by atoms with Crippen molar-refractivity contribution in [2.24, 2.45) is 0 Å². The van der Waals surface area contributed by atoms with Gasteiger partial charge in [0.1, 0.15) is 5.76 Å². The topological polar surface area (TPSA) is 46.3 Å². The van der Waals surface area contributed by atoms with Crippen LogP contribution in [0.5, 0.6) is 0 Å². The number of anilines is 1. The van der Waals surface area contributed by atoms with Crippen LogP contribution in [0.25, 0.3) is 0 Å². The van der Waals surface area contributed by atoms with Gasteiger partial charge in [-0.3, -0.25) is 4.79 Å². The molecule has 0 spiro atoms. The molecule has 0 saturated heterocycles. The standard InChI is InChI=1S/C15H16N2O2/c1-2-12-10-13(16-19-12)15(18)17-9-5-7-11-6-3-4-8-14(11)17/h3-4,6,8,10H,2,5,7,9H2,1H3. The van der Waals surface area contributed by atoms with Crippen molar-refractivity contribution in [3.63, 3.8) is 0 Å². The number of benzene rings is 1. The van der Waals surface area contributed by atoms with E-state index in [-0.39, 0.29) is 5.91 Å². The second-order valence-electron chi connectivity index (χ2n) is 4.72. The molecule has 1 aromatic carbocycles. The smallest absolute Gasteiger partial charge is 0.280 e. The Balaban J connectivity index is 1.93. The molecule has 0 radical (unpaired) electrons. The van der Waals surface area contributed by atoms with Crippen LogP contribution in [-0.4, -0.2) is 17.6 Å². The zero-order valence-electron chi connectivity index (χ0n) is 10.9. The average molecular weight is 256 g/mol. The molecule has 0 saturated carbocycles. The number of nitrogens with zero attached hydrogens (tertiary/aromatic N) is 2. The highest BCUT2D eigenvalue weighted by Crippen LogP contribution is 2.27. The van der Waals surface area contributed by atoms with Gasteiger partial charge in [-0.2, -0.15) is 0 Å². The fourth-order valence-corrected chi connectivity index (χ4v) is 2.46. The molecule has 1 aliphatic rings. The quantitative estimate of drug-likeness (QED) is 0.830. The Morgan fingerprint density at radius 3 is 3.05 bits per heavy atom. The summed E-state index contributed by atoms with van der Waals surface area (Å²) in [5.41, 5.74) is 2.62. The van der Waals surface area contributed by atoms with Crippen LogP contribution in [0.2, 0.25) is 0 Å². The minimum Gasteiger partial charge on any atom is -0.361 e. The van der Waals surface area contributed by atoms with Crippen LogP contribution in [0.15, 0.2) is 34.9 Å². The Labute approximate surface area is 112 Å². The third kappa shape index (κ3) is 2.14. The summed E-state index contributed by atoms with van der Waals surface area (Å²) in [5.74, 6) is 0.671. The van der Waals surface area contributed by atoms with Gasteiger partial charge in [-0.1, -0.05) is 30.3 Å². The number of fused-ring (bicyclic) bond motifs is 1. The van der Waals surface area contributed by atoms with E-state index in [9.17, 15) is 4.79 Å². The summed E-state index contributed by atoms with van der Waals surface area (Å²) in [6.07, 6.45) is 2.76. The highest BCUT2D eigenvalue weighted by molar-refractivity contribution is 6.05. The van der Waals surface area contributed by atoms with Crippen molar-refractivity contribution < 1.29 is 9.32 Å². The average Bonchev–Trinajstić information content (AvgIpc) is 2.95. The molecule has 2 aromatic rings. The van der Waals surface area contributed by atoms with Crippen LogP contribution in [0.4, 0.5) is 5.69 Å². The monoisotopic (exact) mass is 256 g/mol. The normalized spacial score (nSPS) is 14.3. The first-order valence-corrected chi connectivity index (χ1v) is 6.65. The fraction of sp³-hybridized carbons (Fsp3) is 0.333. The maximum Gasteiger partial charge on any atom is 0.280 e. The second-order valence-corrected chi connectivity index (χ2v) is 4.72. The van der Waals surface area contributed by atoms with Crippen molar-refractivity contribution in [2.45, 2.75) is 26.2 Å². The van der Waals surface area contributed by atoms with Crippen LogP contribution < -0.4 is 4.90 Å². The van der Waals surface area contributed by atoms with E-state index in [0.717, 1.165) is 37.3 Å². The lowest BCUT2D eigenvalue weighted by atomic mass is 10.0. The molecule has 1 aliphatic heterocycles. The Kier molecular flexibility index (Phi) is 3.07. The molecule has 1 amide bonds. The molecule has 0 fully saturated rings. The van der Waals surface area contributed by atoms with Gasteiger partial charge in [0, 0.05) is 24.7 Å². The van der Waals surface area contributed by atoms with Crippen molar-refractivity contribution >= 4 is 11.6 Å². The van der Waals surface area contributed by atoms with Crippen LogP contribution in [0.1, 0.15) is 35.2 Å². The van der Waals surface area contributed by atoms with Crippen molar-refractivity contribution in [1.82, 2.24) is 5.16 Å². The molecule has 19 heavy (non-hydrogen) atoms. The molecular formula is C15H16N2O2. The number of hydrogen-bond acceptors (Lipinski definition) is 3. The maximum atomic E-state index is 12.5. The van der Waals surface area contributed by atoms with Gasteiger partial charge >= 0.3 is 0 Å². The summed E-state index contributed by atoms with van der Waals surface area (Å²) in [7, 11) is 0. The minimum atomic E-state index is -0.0735. The first-order chi connectivity index (χ1) is 9.29. The maximum absolute atomic E-state index is 12.5. The second kappa shape index (κ2) is 4.88. The molecule has 0 aliphatic carbocycles. The van der Waals surface area contributed by atoms with Gasteiger partial charge in [0.2, 0.25) is 0 Å². The van der Waals surface area contributed by atoms with Crippen molar-refractivity contribution in [3.05, 3.63) is 47.3 Å². The van der Waals surface area contributed by atoms with Crippen LogP contribution >= 0.6 is 0 Å². The third-order valence-electron chi connectivity index (χ3n) is 3.48. The Morgan fingerprint density at radius 2 is 2.26 bits per heavy atom. The number of carbonyl (C=O) groups excluding carboxylic acids is 1. The predicted octanol–water partition coefficient (Wildman–Crippen LogP) is 2.83. The van der Waals surface area contributed by atoms with E-state index in [1.54, 1.807) is 11.0 Å². The summed E-state index contributed by atoms with van der Waals surface area (Å²) in [5, 5.41) is 3.87. The van der Waals surface area contributed by atoms with Crippen LogP contribution in [0, 0.1) is 0 Å². The van der Waals surface area contributed by atoms with Crippen molar-refractivity contribution in [2.75, 3.05) is 11.4 Å². The zero-order chi connectivity index (χ0) is 13.2. The zero-order valence-corrected chi connectivity index (χ0v) is 10.9. The van der Waals surface area contributed by atoms with Crippen LogP contribution in [0.3, 0.4) is 0 Å². The lowest BCUT2D eigenvalue weighted by Gasteiger charge is -2.28. The molecule has 0 unspecified atom stereocenters. The van der Waals surface area contributed by atoms with Gasteiger partial charge in [-0.25, -0.2) is 0 Å². The van der Waals surface area contributed by atoms with Crippen molar-refractivity contribution in [3.8, 4) is 0 Å². The third-order valence-corrected chi connectivity index (χ3v) is 3.48. The molecule has 4 heteroatoms. The minimum absolute atomic E-state index is 0.0735. The van der Waals surface area contributed by atoms with E-state index in [2.05, 4.69) is 11.2 Å². The first kappa shape index (κ1) is 12.0. The number of amides is 1. The fourth-order valence-electron chi connectivity index (χ4n) is 2.46. The Bertz CT molecular complexity index is 604. The molecule has 0 bridgehead atoms. The van der Waals surface area contributed by atoms with Gasteiger partial charge in [0.25, 0.3) is 5.91 Å². The summed E-state index contributed by atoms with van der Waals surface area (Å²) in [6.45, 7) is 2.72. The summed E-state index contributed by atoms with van der Waals surface area (Å²) >= 11 is 0. The number of aromatic nitrogens is 1. The molecule has 4 nitrogen and oxygen atoms in total. The SMILES string of the molecule is CCc1cc(C(=O)N2CCCc3ccccc32)no1. The highest BCUT2D eigenvalue weighted by atomic mass is 16.5. The van der Waals surface area contributed by atoms with Crippen LogP contribution in [-0.2, 0) is 12.8 Å². The highest BCUT2D eigenvalue weighted by Gasteiger charge is 2.25. The molecule has 1 aromatic heterocycles. The molecule has 2 heterocycles. The molecule has 0 atom stereocenters. The van der Waals surface area contributed by atoms with E-state index in [1.807, 2.05) is 25.1 Å². The van der Waals surface area contributed by atoms with Gasteiger partial charge in [-0.05, 0) is 24.5 Å². The molecule has 3 rings (SSSR count). The van der Waals surface area contributed by atoms with E-state index in [1.165, 1.54) is 5.56 Å². The van der Waals surface area contributed by atoms with Gasteiger partial charge < -0.3 is 9.42 Å². The first-order valence-electron chi connectivity index (χ1n) is 6.65. The van der Waals surface area contributed by atoms with E-state index >= 15 is 0 Å². The van der Waals surface area contributed by atoms with Gasteiger partial charge in [-0.15, -0.1) is 0 Å².